The Bertz CT molecular complexity index is 1430. The van der Waals surface area contributed by atoms with E-state index in [1.807, 2.05) is 50.2 Å². The summed E-state index contributed by atoms with van der Waals surface area (Å²) >= 11 is 1.58. The summed E-state index contributed by atoms with van der Waals surface area (Å²) in [5.74, 6) is -0.978. The lowest BCUT2D eigenvalue weighted by Crippen LogP contribution is -2.71. The second-order valence-electron chi connectivity index (χ2n) is 11.1. The normalized spacial score (nSPS) is 26.6. The Balaban J connectivity index is 1.10. The molecule has 3 aliphatic heterocycles. The van der Waals surface area contributed by atoms with Gasteiger partial charge in [0, 0.05) is 11.2 Å². The monoisotopic (exact) mass is 576 g/mol. The van der Waals surface area contributed by atoms with Crippen molar-refractivity contribution in [3.63, 3.8) is 0 Å². The lowest BCUT2D eigenvalue weighted by atomic mass is 9.93. The number of carbonyl (C=O) groups is 3. The van der Waals surface area contributed by atoms with Crippen LogP contribution in [0.25, 0.3) is 0 Å². The van der Waals surface area contributed by atoms with E-state index in [9.17, 15) is 19.5 Å². The van der Waals surface area contributed by atoms with Gasteiger partial charge in [-0.25, -0.2) is 4.68 Å². The number of aromatic nitrogens is 3. The van der Waals surface area contributed by atoms with Crippen LogP contribution in [0.1, 0.15) is 43.1 Å². The number of benzene rings is 2. The largest absolute Gasteiger partial charge is 0.366 e. The molecule has 3 N–H and O–H groups in total. The molecule has 12 heteroatoms. The SMILES string of the molecule is CC1(C)S[C@@H]2[C@H](NC(=O)[C@H](NC(=O)CCc3cnnn3Cc3ccccc3)c3ccccc3)C(=O)N2[C@H]1C1OC1O. The fourth-order valence-electron chi connectivity index (χ4n) is 5.67. The molecule has 3 aromatic rings. The van der Waals surface area contributed by atoms with Gasteiger partial charge in [0.2, 0.25) is 17.7 Å². The molecule has 11 nitrogen and oxygen atoms in total. The van der Waals surface area contributed by atoms with Crippen LogP contribution in [0.5, 0.6) is 0 Å². The Labute approximate surface area is 241 Å². The Morgan fingerprint density at radius 1 is 1.12 bits per heavy atom. The Morgan fingerprint density at radius 3 is 2.49 bits per heavy atom. The van der Waals surface area contributed by atoms with Crippen molar-refractivity contribution in [2.75, 3.05) is 0 Å². The van der Waals surface area contributed by atoms with Crippen LogP contribution in [0, 0.1) is 0 Å². The number of carbonyl (C=O) groups excluding carboxylic acids is 3. The van der Waals surface area contributed by atoms with E-state index in [0.717, 1.165) is 11.3 Å². The molecule has 3 aliphatic rings. The molecule has 2 unspecified atom stereocenters. The number of aliphatic hydroxyl groups excluding tert-OH is 1. The maximum Gasteiger partial charge on any atom is 0.249 e. The molecule has 41 heavy (non-hydrogen) atoms. The van der Waals surface area contributed by atoms with Gasteiger partial charge in [0.15, 0.2) is 6.29 Å². The van der Waals surface area contributed by atoms with E-state index < -0.39 is 30.4 Å². The Kier molecular flexibility index (Phi) is 7.30. The average Bonchev–Trinajstić information content (AvgIpc) is 3.40. The van der Waals surface area contributed by atoms with Gasteiger partial charge in [-0.1, -0.05) is 65.9 Å². The first kappa shape index (κ1) is 27.4. The van der Waals surface area contributed by atoms with Gasteiger partial charge in [-0.2, -0.15) is 0 Å². The summed E-state index contributed by atoms with van der Waals surface area (Å²) in [5.41, 5.74) is 2.50. The highest BCUT2D eigenvalue weighted by atomic mass is 32.2. The van der Waals surface area contributed by atoms with Gasteiger partial charge in [0.1, 0.15) is 23.6 Å². The highest BCUT2D eigenvalue weighted by molar-refractivity contribution is 8.01. The number of β-lactam (4-membered cyclic amide) rings is 1. The number of thioether (sulfide) groups is 1. The van der Waals surface area contributed by atoms with Crippen molar-refractivity contribution in [2.24, 2.45) is 0 Å². The van der Waals surface area contributed by atoms with Crippen LogP contribution in [0.2, 0.25) is 0 Å². The maximum atomic E-state index is 13.6. The number of ether oxygens (including phenoxy) is 1. The number of rotatable bonds is 10. The minimum Gasteiger partial charge on any atom is -0.366 e. The van der Waals surface area contributed by atoms with Gasteiger partial charge in [-0.15, -0.1) is 16.9 Å². The minimum atomic E-state index is -0.971. The molecule has 0 saturated carbocycles. The van der Waals surface area contributed by atoms with Crippen molar-refractivity contribution < 1.29 is 24.2 Å². The molecule has 0 spiro atoms. The van der Waals surface area contributed by atoms with E-state index in [1.54, 1.807) is 51.8 Å². The minimum absolute atomic E-state index is 0.132. The summed E-state index contributed by atoms with van der Waals surface area (Å²) in [7, 11) is 0. The van der Waals surface area contributed by atoms with E-state index in [0.29, 0.717) is 18.5 Å². The summed E-state index contributed by atoms with van der Waals surface area (Å²) in [5, 5.41) is 23.5. The zero-order valence-electron chi connectivity index (χ0n) is 22.7. The van der Waals surface area contributed by atoms with E-state index in [-0.39, 0.29) is 34.4 Å². The Hall–Kier alpha value is -3.74. The van der Waals surface area contributed by atoms with Gasteiger partial charge < -0.3 is 25.4 Å². The van der Waals surface area contributed by atoms with Gasteiger partial charge in [-0.3, -0.25) is 14.4 Å². The van der Waals surface area contributed by atoms with Crippen LogP contribution in [-0.2, 0) is 32.1 Å². The van der Waals surface area contributed by atoms with Gasteiger partial charge in [-0.05, 0) is 31.4 Å². The van der Waals surface area contributed by atoms with E-state index in [2.05, 4.69) is 20.9 Å². The van der Waals surface area contributed by atoms with Crippen LogP contribution in [0.4, 0.5) is 0 Å². The number of epoxide rings is 1. The van der Waals surface area contributed by atoms with Gasteiger partial charge in [0.05, 0.1) is 24.5 Å². The van der Waals surface area contributed by atoms with Crippen LogP contribution in [-0.4, -0.2) is 77.3 Å². The van der Waals surface area contributed by atoms with Crippen molar-refractivity contribution in [2.45, 2.75) is 73.9 Å². The van der Waals surface area contributed by atoms with Crippen molar-refractivity contribution in [1.82, 2.24) is 30.5 Å². The van der Waals surface area contributed by atoms with Crippen molar-refractivity contribution in [1.29, 1.82) is 0 Å². The summed E-state index contributed by atoms with van der Waals surface area (Å²) in [6.45, 7) is 4.56. The first-order chi connectivity index (χ1) is 19.7. The number of aryl methyl sites for hydroxylation is 1. The second-order valence-corrected chi connectivity index (χ2v) is 12.8. The number of hydrogen-bond acceptors (Lipinski definition) is 8. The third-order valence-electron chi connectivity index (χ3n) is 7.81. The van der Waals surface area contributed by atoms with Crippen LogP contribution < -0.4 is 10.6 Å². The van der Waals surface area contributed by atoms with Crippen LogP contribution in [0.15, 0.2) is 66.9 Å². The average molecular weight is 577 g/mol. The van der Waals surface area contributed by atoms with Gasteiger partial charge in [0.25, 0.3) is 0 Å². The molecule has 6 rings (SSSR count). The standard InChI is InChI=1S/C29H32N6O5S/c1-29(2)24(23-28(39)40-23)35-26(38)22(27(35)41-29)32-25(37)21(18-11-7-4-8-12-18)31-20(36)14-13-19-15-30-33-34(19)16-17-9-5-3-6-10-17/h3-12,15,21-24,27-28,39H,13-14,16H2,1-2H3,(H,31,36)(H,32,37)/t21-,22-,23?,24+,27-,28?/m1/s1. The third-order valence-corrected chi connectivity index (χ3v) is 9.40. The molecular formula is C29H32N6O5S. The fraction of sp³-hybridized carbons (Fsp3) is 0.414. The molecule has 3 fully saturated rings. The van der Waals surface area contributed by atoms with E-state index in [1.165, 1.54) is 0 Å². The maximum absolute atomic E-state index is 13.6. The van der Waals surface area contributed by atoms with E-state index in [4.69, 9.17) is 4.74 Å². The quantitative estimate of drug-likeness (QED) is 0.243. The molecule has 1 aromatic heterocycles. The van der Waals surface area contributed by atoms with Crippen molar-refractivity contribution in [3.05, 3.63) is 83.7 Å². The summed E-state index contributed by atoms with van der Waals surface area (Å²) in [6, 6.07) is 16.9. The third kappa shape index (κ3) is 5.46. The molecule has 3 saturated heterocycles. The van der Waals surface area contributed by atoms with Crippen molar-refractivity contribution >= 4 is 29.5 Å². The number of nitrogens with zero attached hydrogens (tertiary/aromatic N) is 4. The lowest BCUT2D eigenvalue weighted by Gasteiger charge is -2.45. The zero-order chi connectivity index (χ0) is 28.7. The van der Waals surface area contributed by atoms with Crippen LogP contribution in [0.3, 0.4) is 0 Å². The van der Waals surface area contributed by atoms with Crippen molar-refractivity contribution in [3.8, 4) is 0 Å². The highest BCUT2D eigenvalue weighted by Gasteiger charge is 2.67. The number of hydrogen-bond donors (Lipinski definition) is 3. The number of amides is 3. The summed E-state index contributed by atoms with van der Waals surface area (Å²) in [6.07, 6.45) is 0.886. The molecule has 6 atom stereocenters. The molecule has 0 bridgehead atoms. The predicted octanol–water partition coefficient (Wildman–Crippen LogP) is 1.38. The first-order valence-corrected chi connectivity index (χ1v) is 14.5. The molecule has 3 amide bonds. The lowest BCUT2D eigenvalue weighted by molar-refractivity contribution is -0.152. The molecule has 4 heterocycles. The number of aliphatic hydroxyl groups is 1. The first-order valence-electron chi connectivity index (χ1n) is 13.6. The molecule has 214 valence electrons. The van der Waals surface area contributed by atoms with Gasteiger partial charge >= 0.3 is 0 Å². The molecule has 2 aromatic carbocycles. The van der Waals surface area contributed by atoms with Crippen LogP contribution >= 0.6 is 11.8 Å². The second kappa shape index (κ2) is 10.9. The fourth-order valence-corrected chi connectivity index (χ4v) is 7.35. The number of nitrogens with one attached hydrogen (secondary N) is 2. The molecule has 0 radical (unpaired) electrons. The topological polar surface area (TPSA) is 142 Å². The molecular weight excluding hydrogens is 544 g/mol. The highest BCUT2D eigenvalue weighted by Crippen LogP contribution is 2.54. The number of fused-ring (bicyclic) bond motifs is 1. The van der Waals surface area contributed by atoms with E-state index >= 15 is 0 Å². The Morgan fingerprint density at radius 2 is 1.80 bits per heavy atom. The summed E-state index contributed by atoms with van der Waals surface area (Å²) < 4.78 is 6.70. The summed E-state index contributed by atoms with van der Waals surface area (Å²) in [4.78, 5) is 41.5. The molecule has 0 aliphatic carbocycles. The zero-order valence-corrected chi connectivity index (χ0v) is 23.5. The predicted molar refractivity (Wildman–Crippen MR) is 150 cm³/mol. The smallest absolute Gasteiger partial charge is 0.249 e.